The van der Waals surface area contributed by atoms with Crippen LogP contribution < -0.4 is 43.0 Å². The second-order valence-electron chi connectivity index (χ2n) is 30.3. The molecule has 6 aliphatic heterocycles. The first kappa shape index (κ1) is 99.3. The number of likely N-dealkylation sites (tertiary alicyclic amines) is 1. The van der Waals surface area contributed by atoms with Crippen molar-refractivity contribution in [1.29, 1.82) is 0 Å². The second kappa shape index (κ2) is 47.9. The summed E-state index contributed by atoms with van der Waals surface area (Å²) in [5, 5.41) is 39.9. The maximum Gasteiger partial charge on any atom is 0.410 e. The number of hydrogen-bond donors (Lipinski definition) is 8. The lowest BCUT2D eigenvalue weighted by Gasteiger charge is -2.36. The van der Waals surface area contributed by atoms with Crippen LogP contribution >= 0.6 is 0 Å². The van der Waals surface area contributed by atoms with E-state index in [1.807, 2.05) is 52.1 Å². The minimum absolute atomic E-state index is 0.0241. The third kappa shape index (κ3) is 28.0. The van der Waals surface area contributed by atoms with Gasteiger partial charge in [0.15, 0.2) is 34.9 Å². The van der Waals surface area contributed by atoms with Gasteiger partial charge in [0.25, 0.3) is 11.4 Å². The van der Waals surface area contributed by atoms with E-state index in [-0.39, 0.29) is 99.3 Å². The third-order valence-electron chi connectivity index (χ3n) is 20.6. The zero-order valence-electron chi connectivity index (χ0n) is 71.8. The summed E-state index contributed by atoms with van der Waals surface area (Å²) in [7, 11) is 9.56. The molecule has 12 rings (SSSR count). The minimum atomic E-state index is -1.37. The van der Waals surface area contributed by atoms with Crippen molar-refractivity contribution in [3.05, 3.63) is 262 Å². The molecule has 0 saturated carbocycles. The number of nitrogens with two attached hydrogens (primary N) is 1. The molecule has 0 spiro atoms. The molecule has 0 aliphatic carbocycles. The van der Waals surface area contributed by atoms with Gasteiger partial charge in [-0.1, -0.05) is 66.7 Å². The topological polar surface area (TPSA) is 411 Å². The zero-order valence-corrected chi connectivity index (χ0v) is 71.8. The Balaban J connectivity index is 0.000000204. The van der Waals surface area contributed by atoms with Gasteiger partial charge in [-0.05, 0) is 191 Å². The second-order valence-corrected chi connectivity index (χ2v) is 30.3. The van der Waals surface area contributed by atoms with E-state index < -0.39 is 106 Å². The van der Waals surface area contributed by atoms with Crippen molar-refractivity contribution in [3.63, 3.8) is 0 Å². The van der Waals surface area contributed by atoms with Crippen molar-refractivity contribution in [2.24, 2.45) is 5.73 Å². The van der Waals surface area contributed by atoms with Gasteiger partial charge in [0.2, 0.25) is 0 Å². The molecule has 9 amide bonds. The smallest absolute Gasteiger partial charge is 0.410 e. The number of rotatable bonds is 25. The van der Waals surface area contributed by atoms with Crippen molar-refractivity contribution in [2.45, 2.75) is 88.9 Å². The molecule has 33 nitrogen and oxygen atoms in total. The number of methoxy groups -OCH3 is 6. The molecule has 127 heavy (non-hydrogen) atoms. The number of nitro groups is 2. The highest BCUT2D eigenvalue weighted by Gasteiger charge is 2.44. The number of esters is 3. The molecule has 682 valence electrons. The van der Waals surface area contributed by atoms with Gasteiger partial charge in [0.1, 0.15) is 11.6 Å². The van der Waals surface area contributed by atoms with Crippen LogP contribution in [0.5, 0.6) is 0 Å². The average Bonchev–Trinajstić information content (AvgIpc) is 0.759. The van der Waals surface area contributed by atoms with Gasteiger partial charge in [0.05, 0.1) is 96.9 Å². The number of ether oxygens (including phenoxy) is 7. The number of non-ortho nitro benzene ring substituents is 2. The van der Waals surface area contributed by atoms with E-state index in [2.05, 4.69) is 71.3 Å². The molecule has 1 saturated heterocycles. The number of halogens is 6. The zero-order chi connectivity index (χ0) is 92.8. The number of hydrogen-bond acceptors (Lipinski definition) is 23. The Morgan fingerprint density at radius 3 is 1.42 bits per heavy atom. The summed E-state index contributed by atoms with van der Waals surface area (Å²) in [6, 6.07) is 25.0. The van der Waals surface area contributed by atoms with E-state index in [1.54, 1.807) is 29.2 Å². The molecule has 1 fully saturated rings. The number of nitrogens with one attached hydrogen (secondary N) is 7. The van der Waals surface area contributed by atoms with Crippen molar-refractivity contribution in [2.75, 3.05) is 140 Å². The van der Waals surface area contributed by atoms with Crippen molar-refractivity contribution in [3.8, 4) is 0 Å². The van der Waals surface area contributed by atoms with Gasteiger partial charge >= 0.3 is 48.1 Å². The minimum Gasteiger partial charge on any atom is -0.466 e. The fourth-order valence-corrected chi connectivity index (χ4v) is 14.4. The van der Waals surface area contributed by atoms with Crippen LogP contribution in [0.2, 0.25) is 0 Å². The summed E-state index contributed by atoms with van der Waals surface area (Å²) in [6.45, 7) is 12.8. The molecular formula is C88H104F6N14O19. The van der Waals surface area contributed by atoms with Crippen molar-refractivity contribution >= 4 is 76.3 Å². The van der Waals surface area contributed by atoms with Gasteiger partial charge in [-0.15, -0.1) is 0 Å². The van der Waals surface area contributed by atoms with Crippen LogP contribution in [0.4, 0.5) is 67.4 Å². The first-order chi connectivity index (χ1) is 60.7. The number of anilines is 1. The molecule has 3 atom stereocenters. The Bertz CT molecular complexity index is 5020. The van der Waals surface area contributed by atoms with Crippen molar-refractivity contribution in [1.82, 2.24) is 51.5 Å². The Hall–Kier alpha value is -13.1. The molecule has 39 heteroatoms. The number of carbonyl (C=O) groups excluding carboxylic acids is 8. The standard InChI is InChI=1S/C30H37F2N5O5.C16H20N2O4.2C14H14F2N2O4.C14H19N3O2/c1-33-22-7-4-6-20(16-22)19-10-14-36(15-11-19)13-5-12-34-29(39)37-27(21-8-9-23(31)24(32)17-21)26(28(38)42-3)25(18-41-2)35-30(37)40;1-16(2,3)22-15(19)17-9-7-12(8-10-17)13-5-4-6-14(11-13)18(20)21;2*1-21-6-10-11(13(19)22-2)12(18-14(20)17-10)7-3-4-8(15)9(16)5-7;15-7-2-8-16-9-5-12(6-10-16)13-3-1-4-14(11-13)17(18)19/h4,6-9,16-17,19,27,33H,5,10-15,18H2,1-3H3,(H,34,39)(H,35,40);4-7,11H,8-10H2,1-3H3;2*3-5,12H,6H2,1-2H3,(H2,17,18,20);1,3-5,11H,2,6-10,15H2/t;;2*12-;/m..10./s1. The Morgan fingerprint density at radius 1 is 0.528 bits per heavy atom. The van der Waals surface area contributed by atoms with Crippen LogP contribution in [0.25, 0.3) is 11.1 Å². The van der Waals surface area contributed by atoms with Gasteiger partial charge < -0.3 is 85.9 Å². The van der Waals surface area contributed by atoms with E-state index in [9.17, 15) is 84.9 Å². The summed E-state index contributed by atoms with van der Waals surface area (Å²) in [5.41, 5.74) is 12.6. The number of nitrogens with zero attached hydrogens (tertiary/aromatic N) is 6. The molecule has 0 bridgehead atoms. The van der Waals surface area contributed by atoms with E-state index in [4.69, 9.17) is 38.9 Å². The Labute approximate surface area is 729 Å². The normalized spacial score (nSPS) is 17.2. The molecule has 0 radical (unpaired) electrons. The maximum atomic E-state index is 14.2. The van der Waals surface area contributed by atoms with Crippen LogP contribution in [-0.2, 0) is 47.5 Å². The van der Waals surface area contributed by atoms with Crippen LogP contribution in [0.1, 0.15) is 117 Å². The summed E-state index contributed by atoms with van der Waals surface area (Å²) in [4.78, 5) is 127. The predicted octanol–water partition coefficient (Wildman–Crippen LogP) is 12.6. The Morgan fingerprint density at radius 2 is 0.984 bits per heavy atom. The van der Waals surface area contributed by atoms with Crippen LogP contribution in [-0.4, -0.2) is 218 Å². The number of amides is 9. The highest BCUT2D eigenvalue weighted by atomic mass is 19.2. The molecular weight excluding hydrogens is 1670 g/mol. The average molecular weight is 1780 g/mol. The number of nitro benzene ring substituents is 2. The van der Waals surface area contributed by atoms with E-state index >= 15 is 0 Å². The lowest BCUT2D eigenvalue weighted by Crippen LogP contribution is -2.55. The van der Waals surface area contributed by atoms with Gasteiger partial charge in [-0.25, -0.2) is 69.6 Å². The SMILES string of the molecule is CC(C)(C)OC(=O)N1CC=C(c2cccc([N+](=O)[O-])c2)CC1.CNc1cccc(C2CCN(CCCNC(=O)N3C(=O)NC(COC)=C(C(=O)OC)C3c3ccc(F)c(F)c3)CC2)c1.COCC1=C(C(=O)OC)[C@@H](c2ccc(F)c(F)c2)NC(=O)N1.COCC1=C(C(=O)OC)[C@H](c2ccc(F)c(F)c2)NC(=O)N1.NCCCN1CC=C(c2cccc([N+](=O)[O-])c2)CC1. The number of benzene rings is 6. The largest absolute Gasteiger partial charge is 0.466 e. The molecule has 1 unspecified atom stereocenters. The predicted molar refractivity (Wildman–Crippen MR) is 455 cm³/mol. The quantitative estimate of drug-likeness (QED) is 0.00659. The number of carbonyl (C=O) groups is 8. The van der Waals surface area contributed by atoms with E-state index in [0.29, 0.717) is 31.8 Å². The molecule has 6 aromatic carbocycles. The molecule has 9 N–H and O–H groups in total. The molecule has 0 aromatic heterocycles. The lowest BCUT2D eigenvalue weighted by molar-refractivity contribution is -0.385. The fourth-order valence-electron chi connectivity index (χ4n) is 14.4. The lowest BCUT2D eigenvalue weighted by atomic mass is 9.89. The maximum absolute atomic E-state index is 14.2. The molecule has 6 aliphatic rings. The summed E-state index contributed by atoms with van der Waals surface area (Å²) < 4.78 is 116. The van der Waals surface area contributed by atoms with E-state index in [1.165, 1.54) is 77.0 Å². The van der Waals surface area contributed by atoms with Gasteiger partial charge in [-0.3, -0.25) is 25.1 Å². The van der Waals surface area contributed by atoms with Gasteiger partial charge in [-0.2, -0.15) is 0 Å². The highest BCUT2D eigenvalue weighted by Crippen LogP contribution is 2.38. The third-order valence-corrected chi connectivity index (χ3v) is 20.6. The Kier molecular flexibility index (Phi) is 37.4. The summed E-state index contributed by atoms with van der Waals surface area (Å²) in [6.07, 6.45) is 9.07. The summed E-state index contributed by atoms with van der Waals surface area (Å²) >= 11 is 0. The molecule has 6 aromatic rings. The first-order valence-corrected chi connectivity index (χ1v) is 40.3. The van der Waals surface area contributed by atoms with Crippen molar-refractivity contribution < 1.29 is 108 Å². The fraction of sp³-hybridized carbons (Fsp3) is 0.386. The number of piperidine rings is 1. The van der Waals surface area contributed by atoms with Crippen LogP contribution in [0.15, 0.2) is 173 Å². The number of urea groups is 4. The molecule has 6 heterocycles. The van der Waals surface area contributed by atoms with E-state index in [0.717, 1.165) is 142 Å². The highest BCUT2D eigenvalue weighted by molar-refractivity contribution is 6.02. The first-order valence-electron chi connectivity index (χ1n) is 40.3. The number of imide groups is 1. The van der Waals surface area contributed by atoms with Crippen LogP contribution in [0, 0.1) is 55.1 Å². The van der Waals surface area contributed by atoms with Crippen LogP contribution in [0.3, 0.4) is 0 Å². The van der Waals surface area contributed by atoms with Gasteiger partial charge in [0, 0.05) is 91.1 Å². The summed E-state index contributed by atoms with van der Waals surface area (Å²) in [5.74, 6) is -8.28. The monoisotopic (exact) mass is 1770 g/mol.